The van der Waals surface area contributed by atoms with Gasteiger partial charge in [0, 0.05) is 0 Å². The second kappa shape index (κ2) is 8.75. The SMILES string of the molecule is CCC1CCC(c2ccc(/C=N/N=C/c3ccc(C)cc3)cc2)CC1. The Balaban J connectivity index is 1.54. The summed E-state index contributed by atoms with van der Waals surface area (Å²) in [6.07, 6.45) is 10.4. The molecule has 0 saturated heterocycles. The van der Waals surface area contributed by atoms with Gasteiger partial charge in [0.25, 0.3) is 0 Å². The Morgan fingerprint density at radius 2 is 1.32 bits per heavy atom. The van der Waals surface area contributed by atoms with Gasteiger partial charge in [-0.2, -0.15) is 10.2 Å². The van der Waals surface area contributed by atoms with Crippen molar-refractivity contribution in [2.75, 3.05) is 0 Å². The van der Waals surface area contributed by atoms with Crippen molar-refractivity contribution in [2.24, 2.45) is 16.1 Å². The predicted molar refractivity (Wildman–Crippen MR) is 108 cm³/mol. The topological polar surface area (TPSA) is 24.7 Å². The third-order valence-corrected chi connectivity index (χ3v) is 5.39. The fraction of sp³-hybridized carbons (Fsp3) is 0.391. The Labute approximate surface area is 151 Å². The van der Waals surface area contributed by atoms with Crippen LogP contribution in [-0.2, 0) is 0 Å². The highest BCUT2D eigenvalue weighted by molar-refractivity contribution is 5.82. The minimum atomic E-state index is 0.744. The van der Waals surface area contributed by atoms with E-state index >= 15 is 0 Å². The predicted octanol–water partition coefficient (Wildman–Crippen LogP) is 6.13. The normalized spacial score (nSPS) is 21.2. The van der Waals surface area contributed by atoms with Gasteiger partial charge in [-0.3, -0.25) is 0 Å². The number of hydrogen-bond acceptors (Lipinski definition) is 2. The van der Waals surface area contributed by atoms with Crippen LogP contribution >= 0.6 is 0 Å². The van der Waals surface area contributed by atoms with Crippen LogP contribution in [0.25, 0.3) is 0 Å². The molecule has 3 rings (SSSR count). The Kier molecular flexibility index (Phi) is 6.16. The van der Waals surface area contributed by atoms with Crippen LogP contribution < -0.4 is 0 Å². The van der Waals surface area contributed by atoms with Crippen molar-refractivity contribution in [2.45, 2.75) is 51.9 Å². The van der Waals surface area contributed by atoms with E-state index in [2.05, 4.69) is 72.6 Å². The van der Waals surface area contributed by atoms with Crippen LogP contribution in [-0.4, -0.2) is 12.4 Å². The Bertz CT molecular complexity index is 703. The summed E-state index contributed by atoms with van der Waals surface area (Å²) in [6.45, 7) is 4.40. The van der Waals surface area contributed by atoms with E-state index in [4.69, 9.17) is 0 Å². The summed E-state index contributed by atoms with van der Waals surface area (Å²) < 4.78 is 0. The van der Waals surface area contributed by atoms with E-state index in [1.807, 2.05) is 6.21 Å². The van der Waals surface area contributed by atoms with Gasteiger partial charge in [0.15, 0.2) is 0 Å². The maximum absolute atomic E-state index is 4.17. The summed E-state index contributed by atoms with van der Waals surface area (Å²) in [4.78, 5) is 0. The zero-order valence-corrected chi connectivity index (χ0v) is 15.4. The summed E-state index contributed by atoms with van der Waals surface area (Å²) in [5, 5.41) is 8.31. The monoisotopic (exact) mass is 332 g/mol. The Hall–Kier alpha value is -2.22. The summed E-state index contributed by atoms with van der Waals surface area (Å²) in [5.74, 6) is 1.70. The Morgan fingerprint density at radius 1 is 0.800 bits per heavy atom. The molecule has 0 unspecified atom stereocenters. The zero-order valence-electron chi connectivity index (χ0n) is 15.4. The second-order valence-corrected chi connectivity index (χ2v) is 7.19. The lowest BCUT2D eigenvalue weighted by atomic mass is 9.78. The smallest absolute Gasteiger partial charge is 0.0568 e. The highest BCUT2D eigenvalue weighted by Crippen LogP contribution is 2.36. The molecule has 0 bridgehead atoms. The Morgan fingerprint density at radius 3 is 1.84 bits per heavy atom. The van der Waals surface area contributed by atoms with Crippen LogP contribution in [0.15, 0.2) is 58.7 Å². The maximum atomic E-state index is 4.17. The van der Waals surface area contributed by atoms with Gasteiger partial charge in [0.2, 0.25) is 0 Å². The van der Waals surface area contributed by atoms with Crippen LogP contribution in [0.2, 0.25) is 0 Å². The van der Waals surface area contributed by atoms with Crippen molar-refractivity contribution in [3.05, 3.63) is 70.8 Å². The summed E-state index contributed by atoms with van der Waals surface area (Å²) in [6, 6.07) is 17.1. The number of nitrogens with zero attached hydrogens (tertiary/aromatic N) is 2. The second-order valence-electron chi connectivity index (χ2n) is 7.19. The lowest BCUT2D eigenvalue weighted by Gasteiger charge is -2.28. The van der Waals surface area contributed by atoms with E-state index in [1.165, 1.54) is 43.2 Å². The molecular weight excluding hydrogens is 304 g/mol. The molecule has 130 valence electrons. The van der Waals surface area contributed by atoms with E-state index in [0.717, 1.165) is 23.0 Å². The van der Waals surface area contributed by atoms with Crippen LogP contribution in [0.1, 0.15) is 67.2 Å². The van der Waals surface area contributed by atoms with Crippen LogP contribution in [0.4, 0.5) is 0 Å². The lowest BCUT2D eigenvalue weighted by molar-refractivity contribution is 0.319. The number of hydrogen-bond donors (Lipinski definition) is 0. The molecule has 25 heavy (non-hydrogen) atoms. The van der Waals surface area contributed by atoms with E-state index in [1.54, 1.807) is 6.21 Å². The molecule has 0 heterocycles. The number of aryl methyl sites for hydroxylation is 1. The molecule has 0 aliphatic heterocycles. The third kappa shape index (κ3) is 5.12. The van der Waals surface area contributed by atoms with Gasteiger partial charge >= 0.3 is 0 Å². The van der Waals surface area contributed by atoms with E-state index in [-0.39, 0.29) is 0 Å². The van der Waals surface area contributed by atoms with Gasteiger partial charge in [-0.1, -0.05) is 67.4 Å². The molecule has 0 radical (unpaired) electrons. The average molecular weight is 332 g/mol. The van der Waals surface area contributed by atoms with Gasteiger partial charge in [-0.25, -0.2) is 0 Å². The summed E-state index contributed by atoms with van der Waals surface area (Å²) in [7, 11) is 0. The molecule has 0 amide bonds. The molecule has 0 aromatic heterocycles. The molecular formula is C23H28N2. The van der Waals surface area contributed by atoms with Gasteiger partial charge in [-0.15, -0.1) is 0 Å². The van der Waals surface area contributed by atoms with E-state index in [0.29, 0.717) is 0 Å². The minimum absolute atomic E-state index is 0.744. The number of rotatable bonds is 5. The van der Waals surface area contributed by atoms with Gasteiger partial charge < -0.3 is 0 Å². The van der Waals surface area contributed by atoms with Crippen molar-refractivity contribution in [1.82, 2.24) is 0 Å². The van der Waals surface area contributed by atoms with Crippen molar-refractivity contribution in [3.8, 4) is 0 Å². The van der Waals surface area contributed by atoms with Crippen molar-refractivity contribution < 1.29 is 0 Å². The van der Waals surface area contributed by atoms with Crippen molar-refractivity contribution in [1.29, 1.82) is 0 Å². The first-order valence-electron chi connectivity index (χ1n) is 9.47. The first kappa shape index (κ1) is 17.6. The van der Waals surface area contributed by atoms with Gasteiger partial charge in [0.05, 0.1) is 12.4 Å². The fourth-order valence-corrected chi connectivity index (χ4v) is 3.61. The highest BCUT2D eigenvalue weighted by atomic mass is 15.2. The molecule has 2 aromatic carbocycles. The lowest BCUT2D eigenvalue weighted by Crippen LogP contribution is -2.12. The van der Waals surface area contributed by atoms with Crippen LogP contribution in [0.3, 0.4) is 0 Å². The molecule has 0 N–H and O–H groups in total. The van der Waals surface area contributed by atoms with Crippen molar-refractivity contribution in [3.63, 3.8) is 0 Å². The molecule has 0 spiro atoms. The average Bonchev–Trinajstić information content (AvgIpc) is 2.67. The highest BCUT2D eigenvalue weighted by Gasteiger charge is 2.20. The molecule has 1 aliphatic rings. The summed E-state index contributed by atoms with van der Waals surface area (Å²) >= 11 is 0. The molecule has 2 nitrogen and oxygen atoms in total. The quantitative estimate of drug-likeness (QED) is 0.464. The maximum Gasteiger partial charge on any atom is 0.0568 e. The molecule has 2 heteroatoms. The van der Waals surface area contributed by atoms with E-state index < -0.39 is 0 Å². The molecule has 1 saturated carbocycles. The van der Waals surface area contributed by atoms with E-state index in [9.17, 15) is 0 Å². The first-order chi connectivity index (χ1) is 12.2. The largest absolute Gasteiger partial charge is 0.159 e. The first-order valence-corrected chi connectivity index (χ1v) is 9.47. The van der Waals surface area contributed by atoms with Crippen LogP contribution in [0.5, 0.6) is 0 Å². The molecule has 0 atom stereocenters. The minimum Gasteiger partial charge on any atom is -0.159 e. The van der Waals surface area contributed by atoms with Crippen molar-refractivity contribution >= 4 is 12.4 Å². The van der Waals surface area contributed by atoms with Gasteiger partial charge in [-0.05, 0) is 61.1 Å². The fourth-order valence-electron chi connectivity index (χ4n) is 3.61. The molecule has 1 aliphatic carbocycles. The standard InChI is InChI=1S/C23H28N2/c1-3-19-8-12-22(13-9-19)23-14-10-21(11-15-23)17-25-24-16-20-6-4-18(2)5-7-20/h4-7,10-11,14-17,19,22H,3,8-9,12-13H2,1-2H3/b24-16+,25-17+. The molecule has 2 aromatic rings. The number of benzene rings is 2. The summed E-state index contributed by atoms with van der Waals surface area (Å²) in [5.41, 5.74) is 4.91. The molecule has 1 fully saturated rings. The third-order valence-electron chi connectivity index (χ3n) is 5.39. The van der Waals surface area contributed by atoms with Gasteiger partial charge in [0.1, 0.15) is 0 Å². The zero-order chi connectivity index (χ0) is 17.5. The van der Waals surface area contributed by atoms with Crippen LogP contribution in [0, 0.1) is 12.8 Å².